The molecule has 0 spiro atoms. The second-order valence-electron chi connectivity index (χ2n) is 9.05. The first-order valence-electron chi connectivity index (χ1n) is 13.3. The number of unbranched alkanes of at least 4 members (excludes halogenated alkanes) is 11. The predicted molar refractivity (Wildman–Crippen MR) is 144 cm³/mol. The smallest absolute Gasteiger partial charge is 0.224 e. The summed E-state index contributed by atoms with van der Waals surface area (Å²) >= 11 is 1.30. The van der Waals surface area contributed by atoms with E-state index in [-0.39, 0.29) is 5.12 Å². The summed E-state index contributed by atoms with van der Waals surface area (Å²) in [6, 6.07) is 16.0. The molecule has 0 aromatic heterocycles. The largest absolute Gasteiger partial charge is 0.494 e. The van der Waals surface area contributed by atoms with Gasteiger partial charge in [-0.3, -0.25) is 4.79 Å². The lowest BCUT2D eigenvalue weighted by atomic mass is 10.1. The van der Waals surface area contributed by atoms with Crippen molar-refractivity contribution in [1.82, 2.24) is 0 Å². The number of benzene rings is 2. The van der Waals surface area contributed by atoms with Gasteiger partial charge in [-0.1, -0.05) is 96.6 Å². The Morgan fingerprint density at radius 3 is 1.82 bits per heavy atom. The van der Waals surface area contributed by atoms with Crippen LogP contribution in [-0.4, -0.2) is 11.7 Å². The minimum atomic E-state index is 0.0787. The molecule has 2 rings (SSSR count). The maximum absolute atomic E-state index is 12.6. The SMILES string of the molecule is CCCCCCCCCCCCOc1ccc(C(=O)Sc2ccc(CCCCC)cc2)cc1. The van der Waals surface area contributed by atoms with E-state index in [1.807, 2.05) is 24.3 Å². The van der Waals surface area contributed by atoms with Gasteiger partial charge in [0, 0.05) is 10.5 Å². The Morgan fingerprint density at radius 1 is 0.667 bits per heavy atom. The number of hydrogen-bond acceptors (Lipinski definition) is 3. The molecule has 0 radical (unpaired) electrons. The van der Waals surface area contributed by atoms with Gasteiger partial charge < -0.3 is 4.74 Å². The van der Waals surface area contributed by atoms with Crippen LogP contribution in [0.25, 0.3) is 0 Å². The maximum Gasteiger partial charge on any atom is 0.224 e. The number of thioether (sulfide) groups is 1. The molecule has 2 aromatic carbocycles. The van der Waals surface area contributed by atoms with Gasteiger partial charge in [-0.15, -0.1) is 0 Å². The van der Waals surface area contributed by atoms with Gasteiger partial charge in [0.2, 0.25) is 5.12 Å². The lowest BCUT2D eigenvalue weighted by molar-refractivity contribution is 0.108. The molecule has 0 N–H and O–H groups in total. The van der Waals surface area contributed by atoms with E-state index in [0.29, 0.717) is 0 Å². The monoisotopic (exact) mass is 468 g/mol. The standard InChI is InChI=1S/C30H44O2S/c1-3-5-7-8-9-10-11-12-13-15-25-32-28-21-19-27(20-22-28)30(31)33-29-23-17-26(18-24-29)16-14-6-4-2/h17-24H,3-16,25H2,1-2H3. The molecule has 0 amide bonds. The van der Waals surface area contributed by atoms with Crippen LogP contribution >= 0.6 is 11.8 Å². The summed E-state index contributed by atoms with van der Waals surface area (Å²) in [5.41, 5.74) is 2.07. The molecule has 0 fully saturated rings. The summed E-state index contributed by atoms with van der Waals surface area (Å²) in [6.45, 7) is 5.25. The van der Waals surface area contributed by atoms with E-state index in [1.54, 1.807) is 0 Å². The van der Waals surface area contributed by atoms with Crippen molar-refractivity contribution in [3.05, 3.63) is 59.7 Å². The van der Waals surface area contributed by atoms with E-state index in [4.69, 9.17) is 4.74 Å². The molecule has 0 heterocycles. The van der Waals surface area contributed by atoms with Gasteiger partial charge in [-0.25, -0.2) is 0 Å². The Labute approximate surface area is 206 Å². The summed E-state index contributed by atoms with van der Waals surface area (Å²) < 4.78 is 5.87. The molecular formula is C30H44O2S. The Morgan fingerprint density at radius 2 is 1.21 bits per heavy atom. The van der Waals surface area contributed by atoms with Crippen molar-refractivity contribution in [1.29, 1.82) is 0 Å². The van der Waals surface area contributed by atoms with E-state index < -0.39 is 0 Å². The average Bonchev–Trinajstić information content (AvgIpc) is 2.84. The van der Waals surface area contributed by atoms with E-state index in [1.165, 1.54) is 94.4 Å². The predicted octanol–water partition coefficient (Wildman–Crippen LogP) is 9.65. The second-order valence-corrected chi connectivity index (χ2v) is 10.1. The molecule has 0 aliphatic rings. The van der Waals surface area contributed by atoms with Crippen molar-refractivity contribution in [2.75, 3.05) is 6.61 Å². The van der Waals surface area contributed by atoms with Gasteiger partial charge in [0.05, 0.1) is 6.61 Å². The highest BCUT2D eigenvalue weighted by Gasteiger charge is 2.09. The Balaban J connectivity index is 1.59. The van der Waals surface area contributed by atoms with Gasteiger partial charge in [0.15, 0.2) is 0 Å². The van der Waals surface area contributed by atoms with Crippen LogP contribution in [0, 0.1) is 0 Å². The molecule has 182 valence electrons. The van der Waals surface area contributed by atoms with Gasteiger partial charge in [-0.2, -0.15) is 0 Å². The summed E-state index contributed by atoms with van der Waals surface area (Å²) in [4.78, 5) is 13.6. The van der Waals surface area contributed by atoms with E-state index in [2.05, 4.69) is 38.1 Å². The summed E-state index contributed by atoms with van der Waals surface area (Å²) in [6.07, 6.45) is 18.1. The molecule has 0 bridgehead atoms. The minimum absolute atomic E-state index is 0.0787. The maximum atomic E-state index is 12.6. The molecule has 0 unspecified atom stereocenters. The third kappa shape index (κ3) is 12.3. The van der Waals surface area contributed by atoms with Crippen LogP contribution in [0.5, 0.6) is 5.75 Å². The van der Waals surface area contributed by atoms with Crippen LogP contribution in [0.1, 0.15) is 113 Å². The molecule has 2 aromatic rings. The lowest BCUT2D eigenvalue weighted by Gasteiger charge is -2.07. The Bertz CT molecular complexity index is 752. The van der Waals surface area contributed by atoms with Crippen molar-refractivity contribution in [2.45, 2.75) is 109 Å². The van der Waals surface area contributed by atoms with E-state index in [9.17, 15) is 4.79 Å². The highest BCUT2D eigenvalue weighted by molar-refractivity contribution is 8.14. The average molecular weight is 469 g/mol. The van der Waals surface area contributed by atoms with Crippen LogP contribution in [0.3, 0.4) is 0 Å². The first-order valence-corrected chi connectivity index (χ1v) is 14.1. The van der Waals surface area contributed by atoms with Crippen molar-refractivity contribution in [2.24, 2.45) is 0 Å². The van der Waals surface area contributed by atoms with Gasteiger partial charge in [0.25, 0.3) is 0 Å². The lowest BCUT2D eigenvalue weighted by Crippen LogP contribution is -1.98. The molecule has 0 saturated carbocycles. The quantitative estimate of drug-likeness (QED) is 0.161. The van der Waals surface area contributed by atoms with E-state index in [0.717, 1.165) is 35.7 Å². The van der Waals surface area contributed by atoms with Gasteiger partial charge in [0.1, 0.15) is 5.75 Å². The zero-order valence-electron chi connectivity index (χ0n) is 21.0. The first-order chi connectivity index (χ1) is 16.2. The van der Waals surface area contributed by atoms with Gasteiger partial charge >= 0.3 is 0 Å². The highest BCUT2D eigenvalue weighted by Crippen LogP contribution is 2.25. The zero-order chi connectivity index (χ0) is 23.6. The minimum Gasteiger partial charge on any atom is -0.494 e. The molecular weight excluding hydrogens is 424 g/mol. The molecule has 0 aliphatic heterocycles. The number of carbonyl (C=O) groups is 1. The summed E-state index contributed by atoms with van der Waals surface area (Å²) in [5.74, 6) is 0.851. The fourth-order valence-corrected chi connectivity index (χ4v) is 4.68. The van der Waals surface area contributed by atoms with Crippen LogP contribution in [0.15, 0.2) is 53.4 Å². The first kappa shape index (κ1) is 27.5. The number of aryl methyl sites for hydroxylation is 1. The fourth-order valence-electron chi connectivity index (χ4n) is 3.94. The molecule has 3 heteroatoms. The van der Waals surface area contributed by atoms with Crippen LogP contribution < -0.4 is 4.74 Å². The number of carbonyl (C=O) groups excluding carboxylic acids is 1. The Kier molecular flexibility index (Phi) is 14.8. The van der Waals surface area contributed by atoms with E-state index >= 15 is 0 Å². The number of rotatable bonds is 18. The zero-order valence-corrected chi connectivity index (χ0v) is 21.8. The highest BCUT2D eigenvalue weighted by atomic mass is 32.2. The molecule has 0 atom stereocenters. The number of hydrogen-bond donors (Lipinski definition) is 0. The normalized spacial score (nSPS) is 11.0. The van der Waals surface area contributed by atoms with Crippen LogP contribution in [0.4, 0.5) is 0 Å². The van der Waals surface area contributed by atoms with Gasteiger partial charge in [-0.05, 0) is 73.0 Å². The third-order valence-corrected chi connectivity index (χ3v) is 6.99. The summed E-state index contributed by atoms with van der Waals surface area (Å²) in [7, 11) is 0. The Hall–Kier alpha value is -1.74. The molecule has 0 saturated heterocycles. The third-order valence-electron chi connectivity index (χ3n) is 6.06. The van der Waals surface area contributed by atoms with Crippen molar-refractivity contribution >= 4 is 16.9 Å². The van der Waals surface area contributed by atoms with Crippen molar-refractivity contribution in [3.63, 3.8) is 0 Å². The van der Waals surface area contributed by atoms with Crippen molar-refractivity contribution in [3.8, 4) is 5.75 Å². The number of ether oxygens (including phenoxy) is 1. The van der Waals surface area contributed by atoms with Crippen LogP contribution in [-0.2, 0) is 6.42 Å². The topological polar surface area (TPSA) is 26.3 Å². The van der Waals surface area contributed by atoms with Crippen LogP contribution in [0.2, 0.25) is 0 Å². The fraction of sp³-hybridized carbons (Fsp3) is 0.567. The summed E-state index contributed by atoms with van der Waals surface area (Å²) in [5, 5.41) is 0.0787. The molecule has 33 heavy (non-hydrogen) atoms. The van der Waals surface area contributed by atoms with Crippen molar-refractivity contribution < 1.29 is 9.53 Å². The second kappa shape index (κ2) is 17.7. The molecule has 0 aliphatic carbocycles. The molecule has 2 nitrogen and oxygen atoms in total.